The Bertz CT molecular complexity index is 1550. The largest absolute Gasteiger partial charge is 0.506 e. The van der Waals surface area contributed by atoms with E-state index >= 15 is 0 Å². The number of benzene rings is 1. The van der Waals surface area contributed by atoms with Gasteiger partial charge in [0.25, 0.3) is 0 Å². The highest BCUT2D eigenvalue weighted by atomic mass is 32.2. The third-order valence-corrected chi connectivity index (χ3v) is 6.13. The number of methoxy groups -OCH3 is 1. The average molecular weight is 509 g/mol. The molecule has 1 saturated carbocycles. The number of fused-ring (bicyclic) bond motifs is 1. The van der Waals surface area contributed by atoms with Crippen molar-refractivity contribution in [2.24, 2.45) is 5.92 Å². The van der Waals surface area contributed by atoms with E-state index in [1.54, 1.807) is 18.2 Å². The van der Waals surface area contributed by atoms with Crippen LogP contribution in [0.4, 0.5) is 5.82 Å². The molecule has 1 aliphatic carbocycles. The number of phenols is 1. The second-order valence-corrected chi connectivity index (χ2v) is 10.2. The number of nitrogens with one attached hydrogen (secondary N) is 1. The molecule has 36 heavy (non-hydrogen) atoms. The molecule has 4 aromatic rings. The minimum atomic E-state index is -3.64. The van der Waals surface area contributed by atoms with Gasteiger partial charge in [-0.3, -0.25) is 9.29 Å². The quantitative estimate of drug-likeness (QED) is 0.349. The van der Waals surface area contributed by atoms with Crippen LogP contribution in [0.25, 0.3) is 28.5 Å². The van der Waals surface area contributed by atoms with Crippen molar-refractivity contribution in [3.8, 4) is 34.6 Å². The molecule has 11 nitrogen and oxygen atoms in total. The fraction of sp³-hybridized carbons (Fsp3) is 0.333. The maximum Gasteiger partial charge on any atom is 0.231 e. The summed E-state index contributed by atoms with van der Waals surface area (Å²) in [6.07, 6.45) is 3.72. The molecular formula is C24H24N6O5S. The number of anilines is 1. The van der Waals surface area contributed by atoms with E-state index in [1.807, 2.05) is 6.92 Å². The minimum Gasteiger partial charge on any atom is -0.506 e. The molecular weight excluding hydrogens is 484 g/mol. The Hall–Kier alpha value is -4.11. The molecule has 0 aliphatic heterocycles. The Labute approximate surface area is 208 Å². The number of imidazole rings is 1. The summed E-state index contributed by atoms with van der Waals surface area (Å²) in [5, 5.41) is 10.9. The molecule has 1 fully saturated rings. The summed E-state index contributed by atoms with van der Waals surface area (Å²) in [7, 11) is -2.16. The molecule has 0 amide bonds. The highest BCUT2D eigenvalue weighted by Gasteiger charge is 2.28. The molecule has 1 aliphatic rings. The summed E-state index contributed by atoms with van der Waals surface area (Å²) < 4.78 is 39.3. The normalized spacial score (nSPS) is 13.4. The summed E-state index contributed by atoms with van der Waals surface area (Å²) in [5.41, 5.74) is 1.47. The number of aromatic nitrogens is 5. The fourth-order valence-electron chi connectivity index (χ4n) is 3.86. The first-order chi connectivity index (χ1) is 17.3. The Balaban J connectivity index is 1.82. The maximum atomic E-state index is 12.1. The van der Waals surface area contributed by atoms with Crippen LogP contribution in [0.15, 0.2) is 24.3 Å². The van der Waals surface area contributed by atoms with E-state index in [2.05, 4.69) is 36.8 Å². The molecule has 0 saturated heterocycles. The van der Waals surface area contributed by atoms with E-state index < -0.39 is 10.0 Å². The smallest absolute Gasteiger partial charge is 0.231 e. The standard InChI is InChI=1S/C24H24N6O5S/c1-4-35-19-10-5-7-15(25-19)23-28-22-24(30(23)20-17(31)8-6-9-18(20)34-2)27-21(29-36(3,32)33)16(26-22)13-14-11-12-14/h6,8-10,14,31H,4,11-13H2,1-3H3,(H,27,29). The van der Waals surface area contributed by atoms with Gasteiger partial charge in [0, 0.05) is 0 Å². The van der Waals surface area contributed by atoms with Crippen molar-refractivity contribution in [1.82, 2.24) is 24.5 Å². The Morgan fingerprint density at radius 2 is 2.03 bits per heavy atom. The summed E-state index contributed by atoms with van der Waals surface area (Å²) >= 11 is 0. The van der Waals surface area contributed by atoms with Crippen LogP contribution in [0.5, 0.6) is 17.4 Å². The number of rotatable bonds is 9. The van der Waals surface area contributed by atoms with Gasteiger partial charge < -0.3 is 14.6 Å². The number of sulfonamides is 1. The monoisotopic (exact) mass is 508 g/mol. The van der Waals surface area contributed by atoms with E-state index in [4.69, 9.17) is 9.47 Å². The first kappa shape index (κ1) is 23.6. The van der Waals surface area contributed by atoms with E-state index in [9.17, 15) is 13.5 Å². The van der Waals surface area contributed by atoms with Crippen LogP contribution in [0, 0.1) is 18.1 Å². The van der Waals surface area contributed by atoms with Gasteiger partial charge in [0.15, 0.2) is 28.6 Å². The predicted molar refractivity (Wildman–Crippen MR) is 132 cm³/mol. The van der Waals surface area contributed by atoms with Crippen molar-refractivity contribution in [1.29, 1.82) is 0 Å². The van der Waals surface area contributed by atoms with Crippen LogP contribution in [0.3, 0.4) is 0 Å². The summed E-state index contributed by atoms with van der Waals surface area (Å²) in [6, 6.07) is 12.2. The lowest BCUT2D eigenvalue weighted by Gasteiger charge is -2.14. The summed E-state index contributed by atoms with van der Waals surface area (Å²) in [4.78, 5) is 18.5. The highest BCUT2D eigenvalue weighted by Crippen LogP contribution is 2.38. The molecule has 0 bridgehead atoms. The van der Waals surface area contributed by atoms with Crippen LogP contribution in [-0.4, -0.2) is 58.0 Å². The number of hydrogen-bond acceptors (Lipinski definition) is 9. The highest BCUT2D eigenvalue weighted by molar-refractivity contribution is 7.92. The van der Waals surface area contributed by atoms with Gasteiger partial charge in [-0.1, -0.05) is 12.1 Å². The predicted octanol–water partition coefficient (Wildman–Crippen LogP) is 2.91. The lowest BCUT2D eigenvalue weighted by molar-refractivity contribution is 0.327. The molecule has 3 aromatic heterocycles. The molecule has 0 spiro atoms. The van der Waals surface area contributed by atoms with E-state index in [0.29, 0.717) is 36.3 Å². The average Bonchev–Trinajstić information content (AvgIpc) is 3.58. The zero-order valence-electron chi connectivity index (χ0n) is 19.9. The zero-order valence-corrected chi connectivity index (χ0v) is 20.8. The van der Waals surface area contributed by atoms with Crippen molar-refractivity contribution in [3.63, 3.8) is 0 Å². The first-order valence-electron chi connectivity index (χ1n) is 11.3. The van der Waals surface area contributed by atoms with Crippen molar-refractivity contribution >= 4 is 27.1 Å². The molecule has 1 aromatic carbocycles. The third-order valence-electron chi connectivity index (χ3n) is 5.56. The minimum absolute atomic E-state index is 0.110. The van der Waals surface area contributed by atoms with Gasteiger partial charge in [-0.15, -0.1) is 0 Å². The number of hydrogen-bond donors (Lipinski definition) is 2. The SMILES string of the molecule is CCOc1cc#cc(-c2nc3nc(CC4CC4)c(NS(C)(=O)=O)nc3n2-c2c(O)cccc2OC)n1. The van der Waals surface area contributed by atoms with Gasteiger partial charge in [-0.2, -0.15) is 0 Å². The van der Waals surface area contributed by atoms with E-state index in [-0.39, 0.29) is 40.1 Å². The molecule has 0 unspecified atom stereocenters. The van der Waals surface area contributed by atoms with E-state index in [0.717, 1.165) is 19.1 Å². The number of para-hydroxylation sites is 1. The van der Waals surface area contributed by atoms with Gasteiger partial charge in [0.1, 0.15) is 17.2 Å². The van der Waals surface area contributed by atoms with Crippen molar-refractivity contribution in [2.75, 3.05) is 24.7 Å². The van der Waals surface area contributed by atoms with Gasteiger partial charge >= 0.3 is 0 Å². The lowest BCUT2D eigenvalue weighted by Crippen LogP contribution is -2.15. The Morgan fingerprint density at radius 1 is 1.22 bits per heavy atom. The number of nitrogens with zero attached hydrogens (tertiary/aromatic N) is 5. The van der Waals surface area contributed by atoms with Crippen LogP contribution < -0.4 is 14.2 Å². The summed E-state index contributed by atoms with van der Waals surface area (Å²) in [6.45, 7) is 2.24. The number of phenolic OH excluding ortho intramolecular Hbond substituents is 1. The number of ether oxygens (including phenoxy) is 2. The fourth-order valence-corrected chi connectivity index (χ4v) is 4.37. The molecule has 12 heteroatoms. The lowest BCUT2D eigenvalue weighted by atomic mass is 10.2. The first-order valence-corrected chi connectivity index (χ1v) is 13.2. The van der Waals surface area contributed by atoms with Crippen molar-refractivity contribution in [2.45, 2.75) is 26.2 Å². The molecule has 3 heterocycles. The van der Waals surface area contributed by atoms with Crippen LogP contribution in [0.1, 0.15) is 25.5 Å². The second kappa shape index (κ2) is 9.16. The molecule has 186 valence electrons. The van der Waals surface area contributed by atoms with Crippen LogP contribution >= 0.6 is 0 Å². The number of aromatic hydroxyl groups is 1. The van der Waals surface area contributed by atoms with Crippen LogP contribution in [0.2, 0.25) is 0 Å². The Morgan fingerprint density at radius 3 is 2.72 bits per heavy atom. The van der Waals surface area contributed by atoms with Gasteiger partial charge in [-0.25, -0.2) is 28.4 Å². The van der Waals surface area contributed by atoms with Crippen LogP contribution in [-0.2, 0) is 16.4 Å². The molecule has 2 N–H and O–H groups in total. The van der Waals surface area contributed by atoms with Crippen molar-refractivity contribution < 1.29 is 23.0 Å². The zero-order chi connectivity index (χ0) is 25.4. The third kappa shape index (κ3) is 4.70. The Kier molecular flexibility index (Phi) is 6.01. The van der Waals surface area contributed by atoms with Gasteiger partial charge in [0.05, 0.1) is 31.7 Å². The molecule has 0 radical (unpaired) electrons. The summed E-state index contributed by atoms with van der Waals surface area (Å²) in [5.74, 6) is 1.33. The molecule has 5 rings (SSSR count). The van der Waals surface area contributed by atoms with Gasteiger partial charge in [-0.05, 0) is 50.3 Å². The topological polar surface area (TPSA) is 141 Å². The van der Waals surface area contributed by atoms with E-state index in [1.165, 1.54) is 17.7 Å². The second-order valence-electron chi connectivity index (χ2n) is 8.43. The van der Waals surface area contributed by atoms with Gasteiger partial charge in [0.2, 0.25) is 15.9 Å². The maximum absolute atomic E-state index is 12.1. The molecule has 0 atom stereocenters. The van der Waals surface area contributed by atoms with Crippen molar-refractivity contribution in [3.05, 3.63) is 42.1 Å².